The lowest BCUT2D eigenvalue weighted by molar-refractivity contribution is -0.146. The van der Waals surface area contributed by atoms with E-state index in [2.05, 4.69) is 19.2 Å². The van der Waals surface area contributed by atoms with Gasteiger partial charge in [-0.05, 0) is 30.0 Å². The van der Waals surface area contributed by atoms with Crippen molar-refractivity contribution in [3.8, 4) is 5.75 Å². The van der Waals surface area contributed by atoms with Crippen LogP contribution in [0.25, 0.3) is 0 Å². The highest BCUT2D eigenvalue weighted by Crippen LogP contribution is 2.27. The summed E-state index contributed by atoms with van der Waals surface area (Å²) < 4.78 is 10.3. The van der Waals surface area contributed by atoms with E-state index in [0.717, 1.165) is 22.4 Å². The second kappa shape index (κ2) is 9.04. The first-order valence-electron chi connectivity index (χ1n) is 8.59. The average molecular weight is 355 g/mol. The summed E-state index contributed by atoms with van der Waals surface area (Å²) in [6.45, 7) is 5.75. The molecule has 0 radical (unpaired) electrons. The molecule has 0 bridgehead atoms. The third-order valence-corrected chi connectivity index (χ3v) is 4.08. The number of nitrogens with one attached hydrogen (secondary N) is 1. The second-order valence-corrected chi connectivity index (χ2v) is 6.39. The zero-order chi connectivity index (χ0) is 19.1. The van der Waals surface area contributed by atoms with Crippen LogP contribution in [0, 0.1) is 6.92 Å². The van der Waals surface area contributed by atoms with Crippen molar-refractivity contribution in [1.29, 1.82) is 0 Å². The Hall–Kier alpha value is -2.82. The third-order valence-electron chi connectivity index (χ3n) is 4.08. The number of esters is 1. The van der Waals surface area contributed by atoms with Gasteiger partial charge in [-0.1, -0.05) is 50.2 Å². The van der Waals surface area contributed by atoms with E-state index >= 15 is 0 Å². The Bertz CT molecular complexity index is 783. The Labute approximate surface area is 154 Å². The molecule has 138 valence electrons. The molecule has 0 atom stereocenters. The van der Waals surface area contributed by atoms with Gasteiger partial charge in [0.05, 0.1) is 13.5 Å². The molecule has 0 aliphatic carbocycles. The van der Waals surface area contributed by atoms with E-state index in [1.807, 2.05) is 37.3 Å². The number of rotatable bonds is 7. The number of carbonyl (C=O) groups is 2. The van der Waals surface area contributed by atoms with Crippen LogP contribution >= 0.6 is 0 Å². The number of methoxy groups -OCH3 is 1. The maximum Gasteiger partial charge on any atom is 0.310 e. The first-order valence-corrected chi connectivity index (χ1v) is 8.59. The van der Waals surface area contributed by atoms with E-state index in [1.165, 1.54) is 0 Å². The summed E-state index contributed by atoms with van der Waals surface area (Å²) in [4.78, 5) is 24.2. The summed E-state index contributed by atoms with van der Waals surface area (Å²) in [5.74, 6) is 0.0711. The van der Waals surface area contributed by atoms with Crippen LogP contribution in [-0.4, -0.2) is 25.6 Å². The third kappa shape index (κ3) is 5.09. The van der Waals surface area contributed by atoms with Gasteiger partial charge in [-0.3, -0.25) is 9.59 Å². The summed E-state index contributed by atoms with van der Waals surface area (Å²) in [7, 11) is 1.55. The molecule has 5 heteroatoms. The summed E-state index contributed by atoms with van der Waals surface area (Å²) in [5, 5.41) is 2.86. The average Bonchev–Trinajstić information content (AvgIpc) is 2.62. The van der Waals surface area contributed by atoms with Crippen LogP contribution in [0.1, 0.15) is 36.5 Å². The van der Waals surface area contributed by atoms with Crippen LogP contribution in [0.5, 0.6) is 5.75 Å². The number of para-hydroxylation sites is 2. The van der Waals surface area contributed by atoms with Gasteiger partial charge in [-0.2, -0.15) is 0 Å². The van der Waals surface area contributed by atoms with Crippen LogP contribution in [0.3, 0.4) is 0 Å². The zero-order valence-electron chi connectivity index (χ0n) is 15.7. The molecule has 2 aromatic rings. The molecule has 1 amide bonds. The van der Waals surface area contributed by atoms with Gasteiger partial charge < -0.3 is 14.8 Å². The molecule has 0 fully saturated rings. The van der Waals surface area contributed by atoms with Crippen molar-refractivity contribution in [3.63, 3.8) is 0 Å². The predicted molar refractivity (Wildman–Crippen MR) is 102 cm³/mol. The molecule has 2 aromatic carbocycles. The van der Waals surface area contributed by atoms with Crippen molar-refractivity contribution in [3.05, 3.63) is 59.2 Å². The Kier molecular flexibility index (Phi) is 6.78. The quantitative estimate of drug-likeness (QED) is 0.766. The molecule has 0 spiro atoms. The normalized spacial score (nSPS) is 10.5. The first kappa shape index (κ1) is 19.5. The van der Waals surface area contributed by atoms with Crippen LogP contribution in [-0.2, 0) is 20.7 Å². The predicted octanol–water partition coefficient (Wildman–Crippen LogP) is 3.85. The summed E-state index contributed by atoms with van der Waals surface area (Å²) in [5.41, 5.74) is 3.54. The number of amides is 1. The van der Waals surface area contributed by atoms with Crippen molar-refractivity contribution in [2.75, 3.05) is 19.0 Å². The maximum atomic E-state index is 12.2. The maximum absolute atomic E-state index is 12.2. The first-order chi connectivity index (χ1) is 12.4. The number of ether oxygens (including phenoxy) is 2. The van der Waals surface area contributed by atoms with Gasteiger partial charge in [-0.15, -0.1) is 0 Å². The van der Waals surface area contributed by atoms with Gasteiger partial charge in [0.2, 0.25) is 0 Å². The smallest absolute Gasteiger partial charge is 0.310 e. The minimum Gasteiger partial charge on any atom is -0.496 e. The molecule has 1 N–H and O–H groups in total. The SMILES string of the molecule is COc1ccccc1CC(=O)OCC(=O)Nc1c(C)cccc1C(C)C. The minimum atomic E-state index is -0.474. The molecule has 0 heterocycles. The highest BCUT2D eigenvalue weighted by molar-refractivity contribution is 5.94. The van der Waals surface area contributed by atoms with Crippen molar-refractivity contribution < 1.29 is 19.1 Å². The number of anilines is 1. The molecule has 0 aromatic heterocycles. The molecule has 2 rings (SSSR count). The Morgan fingerprint density at radius 3 is 2.50 bits per heavy atom. The van der Waals surface area contributed by atoms with E-state index in [-0.39, 0.29) is 24.9 Å². The molecule has 0 unspecified atom stereocenters. The summed E-state index contributed by atoms with van der Waals surface area (Å²) in [6, 6.07) is 13.1. The van der Waals surface area contributed by atoms with Crippen molar-refractivity contribution in [2.45, 2.75) is 33.1 Å². The van der Waals surface area contributed by atoms with E-state index < -0.39 is 5.97 Å². The number of hydrogen-bond donors (Lipinski definition) is 1. The van der Waals surface area contributed by atoms with E-state index in [0.29, 0.717) is 5.75 Å². The van der Waals surface area contributed by atoms with Gasteiger partial charge in [0.1, 0.15) is 5.75 Å². The van der Waals surface area contributed by atoms with Gasteiger partial charge in [0, 0.05) is 11.3 Å². The van der Waals surface area contributed by atoms with Crippen LogP contribution in [0.4, 0.5) is 5.69 Å². The monoisotopic (exact) mass is 355 g/mol. The molecular formula is C21H25NO4. The van der Waals surface area contributed by atoms with E-state index in [1.54, 1.807) is 19.2 Å². The zero-order valence-corrected chi connectivity index (χ0v) is 15.7. The highest BCUT2D eigenvalue weighted by Gasteiger charge is 2.14. The fourth-order valence-electron chi connectivity index (χ4n) is 2.72. The van der Waals surface area contributed by atoms with Crippen LogP contribution in [0.15, 0.2) is 42.5 Å². The number of benzene rings is 2. The van der Waals surface area contributed by atoms with Gasteiger partial charge in [0.15, 0.2) is 6.61 Å². The minimum absolute atomic E-state index is 0.0545. The second-order valence-electron chi connectivity index (χ2n) is 6.39. The molecule has 26 heavy (non-hydrogen) atoms. The Balaban J connectivity index is 1.94. The lowest BCUT2D eigenvalue weighted by atomic mass is 9.98. The standard InChI is InChI=1S/C21H25NO4/c1-14(2)17-10-7-8-15(3)21(17)22-19(23)13-26-20(24)12-16-9-5-6-11-18(16)25-4/h5-11,14H,12-13H2,1-4H3,(H,22,23). The Morgan fingerprint density at radius 1 is 1.08 bits per heavy atom. The molecular weight excluding hydrogens is 330 g/mol. The van der Waals surface area contributed by atoms with Crippen molar-refractivity contribution in [1.82, 2.24) is 0 Å². The lowest BCUT2D eigenvalue weighted by Crippen LogP contribution is -2.23. The molecule has 0 aliphatic rings. The Morgan fingerprint density at radius 2 is 1.81 bits per heavy atom. The molecule has 0 aliphatic heterocycles. The van der Waals surface area contributed by atoms with Crippen LogP contribution in [0.2, 0.25) is 0 Å². The topological polar surface area (TPSA) is 64.6 Å². The number of aryl methyl sites for hydroxylation is 1. The fourth-order valence-corrected chi connectivity index (χ4v) is 2.72. The van der Waals surface area contributed by atoms with Crippen molar-refractivity contribution >= 4 is 17.6 Å². The van der Waals surface area contributed by atoms with Gasteiger partial charge in [-0.25, -0.2) is 0 Å². The summed E-state index contributed by atoms with van der Waals surface area (Å²) in [6.07, 6.45) is 0.0545. The van der Waals surface area contributed by atoms with Crippen molar-refractivity contribution in [2.24, 2.45) is 0 Å². The van der Waals surface area contributed by atoms with E-state index in [4.69, 9.17) is 9.47 Å². The van der Waals surface area contributed by atoms with E-state index in [9.17, 15) is 9.59 Å². The highest BCUT2D eigenvalue weighted by atomic mass is 16.5. The number of carbonyl (C=O) groups excluding carboxylic acids is 2. The summed E-state index contributed by atoms with van der Waals surface area (Å²) >= 11 is 0. The molecule has 0 saturated carbocycles. The molecule has 5 nitrogen and oxygen atoms in total. The largest absolute Gasteiger partial charge is 0.496 e. The molecule has 0 saturated heterocycles. The van der Waals surface area contributed by atoms with Gasteiger partial charge >= 0.3 is 5.97 Å². The fraction of sp³-hybridized carbons (Fsp3) is 0.333. The van der Waals surface area contributed by atoms with Gasteiger partial charge in [0.25, 0.3) is 5.91 Å². The lowest BCUT2D eigenvalue weighted by Gasteiger charge is -2.16. The number of hydrogen-bond acceptors (Lipinski definition) is 4. The van der Waals surface area contributed by atoms with Crippen LogP contribution < -0.4 is 10.1 Å².